The van der Waals surface area contributed by atoms with Crippen LogP contribution in [0.3, 0.4) is 0 Å². The molecule has 5 nitrogen and oxygen atoms in total. The third-order valence-corrected chi connectivity index (χ3v) is 4.47. The van der Waals surface area contributed by atoms with Crippen LogP contribution in [0.5, 0.6) is 5.75 Å². The fourth-order valence-electron chi connectivity index (χ4n) is 2.70. The SMILES string of the molecule is Oc1cncc(N2CCN(C(=S)Nc3ccc(C(F)(F)F)cc3)CC2)c1. The number of alkyl halides is 3. The van der Waals surface area contributed by atoms with Crippen molar-refractivity contribution in [1.82, 2.24) is 9.88 Å². The summed E-state index contributed by atoms with van der Waals surface area (Å²) in [6.07, 6.45) is -1.28. The highest BCUT2D eigenvalue weighted by molar-refractivity contribution is 7.80. The first-order chi connectivity index (χ1) is 12.3. The zero-order valence-electron chi connectivity index (χ0n) is 13.7. The van der Waals surface area contributed by atoms with E-state index in [9.17, 15) is 18.3 Å². The molecule has 0 unspecified atom stereocenters. The first kappa shape index (κ1) is 18.2. The van der Waals surface area contributed by atoms with Crippen LogP contribution in [0.15, 0.2) is 42.7 Å². The van der Waals surface area contributed by atoms with E-state index in [-0.39, 0.29) is 5.75 Å². The minimum atomic E-state index is -4.35. The molecule has 1 aromatic carbocycles. The zero-order valence-corrected chi connectivity index (χ0v) is 14.5. The predicted octanol–water partition coefficient (Wildman–Crippen LogP) is 3.33. The molecule has 9 heteroatoms. The van der Waals surface area contributed by atoms with Gasteiger partial charge >= 0.3 is 6.18 Å². The summed E-state index contributed by atoms with van der Waals surface area (Å²) in [5, 5.41) is 13.0. The molecular weight excluding hydrogens is 365 g/mol. The highest BCUT2D eigenvalue weighted by Crippen LogP contribution is 2.30. The zero-order chi connectivity index (χ0) is 18.7. The van der Waals surface area contributed by atoms with E-state index in [1.54, 1.807) is 12.3 Å². The van der Waals surface area contributed by atoms with Gasteiger partial charge in [-0.25, -0.2) is 0 Å². The Hall–Kier alpha value is -2.55. The Morgan fingerprint density at radius 3 is 2.31 bits per heavy atom. The number of aromatic hydroxyl groups is 1. The maximum absolute atomic E-state index is 12.6. The Bertz CT molecular complexity index is 774. The summed E-state index contributed by atoms with van der Waals surface area (Å²) in [5.74, 6) is 0.115. The van der Waals surface area contributed by atoms with E-state index in [1.807, 2.05) is 4.90 Å². The van der Waals surface area contributed by atoms with Crippen molar-refractivity contribution >= 4 is 28.7 Å². The van der Waals surface area contributed by atoms with Gasteiger partial charge in [0.05, 0.1) is 23.6 Å². The number of benzene rings is 1. The molecule has 2 heterocycles. The topological polar surface area (TPSA) is 51.6 Å². The predicted molar refractivity (Wildman–Crippen MR) is 97.4 cm³/mol. The standard InChI is InChI=1S/C17H17F3N4OS/c18-17(19,20)12-1-3-13(4-2-12)22-16(26)24-7-5-23(6-8-24)14-9-15(25)11-21-10-14/h1-4,9-11,25H,5-8H2,(H,22,26). The number of hydrogen-bond acceptors (Lipinski definition) is 4. The number of nitrogens with zero attached hydrogens (tertiary/aromatic N) is 3. The lowest BCUT2D eigenvalue weighted by Gasteiger charge is -2.37. The number of rotatable bonds is 2. The van der Waals surface area contributed by atoms with Gasteiger partial charge < -0.3 is 20.2 Å². The Morgan fingerprint density at radius 1 is 1.08 bits per heavy atom. The van der Waals surface area contributed by atoms with E-state index in [4.69, 9.17) is 12.2 Å². The van der Waals surface area contributed by atoms with Crippen LogP contribution in [-0.2, 0) is 6.18 Å². The number of aromatic nitrogens is 1. The Balaban J connectivity index is 1.55. The molecule has 2 N–H and O–H groups in total. The molecule has 26 heavy (non-hydrogen) atoms. The molecule has 0 aliphatic carbocycles. The molecule has 0 amide bonds. The molecule has 1 saturated heterocycles. The number of halogens is 3. The van der Waals surface area contributed by atoms with Gasteiger partial charge in [-0.15, -0.1) is 0 Å². The van der Waals surface area contributed by atoms with E-state index in [0.29, 0.717) is 37.0 Å². The van der Waals surface area contributed by atoms with Crippen molar-refractivity contribution < 1.29 is 18.3 Å². The maximum atomic E-state index is 12.6. The van der Waals surface area contributed by atoms with Gasteiger partial charge in [0.25, 0.3) is 0 Å². The number of anilines is 2. The van der Waals surface area contributed by atoms with Crippen LogP contribution >= 0.6 is 12.2 Å². The third-order valence-electron chi connectivity index (χ3n) is 4.10. The van der Waals surface area contributed by atoms with Crippen molar-refractivity contribution in [2.24, 2.45) is 0 Å². The second-order valence-corrected chi connectivity index (χ2v) is 6.27. The van der Waals surface area contributed by atoms with Crippen molar-refractivity contribution in [3.63, 3.8) is 0 Å². The summed E-state index contributed by atoms with van der Waals surface area (Å²) in [4.78, 5) is 8.02. The van der Waals surface area contributed by atoms with Gasteiger partial charge in [0.2, 0.25) is 0 Å². The molecule has 1 aliphatic heterocycles. The lowest BCUT2D eigenvalue weighted by Crippen LogP contribution is -2.50. The summed E-state index contributed by atoms with van der Waals surface area (Å²) >= 11 is 5.36. The van der Waals surface area contributed by atoms with Crippen LogP contribution in [-0.4, -0.2) is 46.3 Å². The first-order valence-electron chi connectivity index (χ1n) is 7.95. The molecule has 1 fully saturated rings. The largest absolute Gasteiger partial charge is 0.506 e. The van der Waals surface area contributed by atoms with Gasteiger partial charge in [-0.05, 0) is 36.5 Å². The molecule has 1 aromatic heterocycles. The van der Waals surface area contributed by atoms with Crippen LogP contribution in [0.4, 0.5) is 24.5 Å². The fourth-order valence-corrected chi connectivity index (χ4v) is 3.00. The monoisotopic (exact) mass is 382 g/mol. The first-order valence-corrected chi connectivity index (χ1v) is 8.36. The smallest absolute Gasteiger partial charge is 0.416 e. The second kappa shape index (κ2) is 7.36. The fraction of sp³-hybridized carbons (Fsp3) is 0.294. The van der Waals surface area contributed by atoms with E-state index >= 15 is 0 Å². The number of nitrogens with one attached hydrogen (secondary N) is 1. The number of pyridine rings is 1. The van der Waals surface area contributed by atoms with Gasteiger partial charge in [-0.1, -0.05) is 0 Å². The third kappa shape index (κ3) is 4.34. The molecule has 0 bridgehead atoms. The van der Waals surface area contributed by atoms with Crippen LogP contribution in [0, 0.1) is 0 Å². The Labute approximate surface area is 154 Å². The highest BCUT2D eigenvalue weighted by atomic mass is 32.1. The van der Waals surface area contributed by atoms with Crippen LogP contribution in [0.25, 0.3) is 0 Å². The summed E-state index contributed by atoms with van der Waals surface area (Å²) in [7, 11) is 0. The van der Waals surface area contributed by atoms with Crippen LogP contribution in [0.1, 0.15) is 5.56 Å². The molecule has 138 valence electrons. The van der Waals surface area contributed by atoms with Gasteiger partial charge in [0.15, 0.2) is 5.11 Å². The molecule has 2 aromatic rings. The Kier molecular flexibility index (Phi) is 5.17. The second-order valence-electron chi connectivity index (χ2n) is 5.88. The molecule has 1 aliphatic rings. The summed E-state index contributed by atoms with van der Waals surface area (Å²) < 4.78 is 37.8. The van der Waals surface area contributed by atoms with Gasteiger partial charge in [-0.3, -0.25) is 4.98 Å². The lowest BCUT2D eigenvalue weighted by atomic mass is 10.2. The van der Waals surface area contributed by atoms with Gasteiger partial charge in [-0.2, -0.15) is 13.2 Å². The quantitative estimate of drug-likeness (QED) is 0.778. The van der Waals surface area contributed by atoms with Crippen molar-refractivity contribution in [2.75, 3.05) is 36.4 Å². The lowest BCUT2D eigenvalue weighted by molar-refractivity contribution is -0.137. The van der Waals surface area contributed by atoms with Crippen LogP contribution in [0.2, 0.25) is 0 Å². The number of piperazine rings is 1. The van der Waals surface area contributed by atoms with E-state index in [1.165, 1.54) is 18.3 Å². The van der Waals surface area contributed by atoms with E-state index < -0.39 is 11.7 Å². The average molecular weight is 382 g/mol. The number of thiocarbonyl (C=S) groups is 1. The maximum Gasteiger partial charge on any atom is 0.416 e. The van der Waals surface area contributed by atoms with Crippen molar-refractivity contribution in [3.8, 4) is 5.75 Å². The molecule has 0 radical (unpaired) electrons. The molecule has 0 spiro atoms. The Morgan fingerprint density at radius 2 is 1.73 bits per heavy atom. The van der Waals surface area contributed by atoms with E-state index in [2.05, 4.69) is 15.2 Å². The summed E-state index contributed by atoms with van der Waals surface area (Å²) in [6, 6.07) is 6.44. The van der Waals surface area contributed by atoms with Crippen LogP contribution < -0.4 is 10.2 Å². The normalized spacial score (nSPS) is 15.0. The molecular formula is C17H17F3N4OS. The minimum Gasteiger partial charge on any atom is -0.506 e. The van der Waals surface area contributed by atoms with Crippen molar-refractivity contribution in [2.45, 2.75) is 6.18 Å². The summed E-state index contributed by atoms with van der Waals surface area (Å²) in [5.41, 5.74) is 0.663. The van der Waals surface area contributed by atoms with Crippen molar-refractivity contribution in [3.05, 3.63) is 48.3 Å². The summed E-state index contributed by atoms with van der Waals surface area (Å²) in [6.45, 7) is 2.70. The van der Waals surface area contributed by atoms with E-state index in [0.717, 1.165) is 17.8 Å². The average Bonchev–Trinajstić information content (AvgIpc) is 2.61. The molecule has 0 atom stereocenters. The minimum absolute atomic E-state index is 0.115. The van der Waals surface area contributed by atoms with Crippen molar-refractivity contribution in [1.29, 1.82) is 0 Å². The number of hydrogen-bond donors (Lipinski definition) is 2. The molecule has 3 rings (SSSR count). The molecule has 0 saturated carbocycles. The van der Waals surface area contributed by atoms with Gasteiger partial charge in [0.1, 0.15) is 5.75 Å². The van der Waals surface area contributed by atoms with Gasteiger partial charge in [0, 0.05) is 37.9 Å². The highest BCUT2D eigenvalue weighted by Gasteiger charge is 2.30.